The SMILES string of the molecule is CC1CN(C2(C)CCNCC2)CCN1C(c1cccc(F)c1)C1CCN(S(=O)(=O)C2CC2)CC1. The van der Waals surface area contributed by atoms with Crippen molar-refractivity contribution < 1.29 is 12.8 Å². The lowest BCUT2D eigenvalue weighted by atomic mass is 9.83. The molecule has 3 saturated heterocycles. The molecule has 1 aromatic rings. The first-order valence-corrected chi connectivity index (χ1v) is 14.7. The van der Waals surface area contributed by atoms with Crippen LogP contribution in [0.15, 0.2) is 24.3 Å². The predicted molar refractivity (Wildman–Crippen MR) is 134 cm³/mol. The molecule has 34 heavy (non-hydrogen) atoms. The molecule has 1 aliphatic carbocycles. The molecule has 3 heterocycles. The van der Waals surface area contributed by atoms with Crippen molar-refractivity contribution in [3.63, 3.8) is 0 Å². The molecular weight excluding hydrogens is 451 g/mol. The van der Waals surface area contributed by atoms with E-state index in [1.54, 1.807) is 10.4 Å². The van der Waals surface area contributed by atoms with Crippen LogP contribution in [0.4, 0.5) is 4.39 Å². The Balaban J connectivity index is 1.33. The first kappa shape index (κ1) is 24.6. The van der Waals surface area contributed by atoms with Crippen molar-refractivity contribution in [2.24, 2.45) is 5.92 Å². The zero-order valence-corrected chi connectivity index (χ0v) is 21.6. The summed E-state index contributed by atoms with van der Waals surface area (Å²) in [4.78, 5) is 5.27. The Bertz CT molecular complexity index is 955. The van der Waals surface area contributed by atoms with Gasteiger partial charge in [0.25, 0.3) is 0 Å². The van der Waals surface area contributed by atoms with Gasteiger partial charge >= 0.3 is 0 Å². The Morgan fingerprint density at radius 1 is 1.06 bits per heavy atom. The fourth-order valence-corrected chi connectivity index (χ4v) is 8.48. The molecule has 1 saturated carbocycles. The molecule has 4 aliphatic rings. The number of benzene rings is 1. The first-order valence-electron chi connectivity index (χ1n) is 13.2. The van der Waals surface area contributed by atoms with Gasteiger partial charge in [0.2, 0.25) is 10.0 Å². The van der Waals surface area contributed by atoms with Gasteiger partial charge in [-0.2, -0.15) is 0 Å². The Kier molecular flexibility index (Phi) is 7.08. The highest BCUT2D eigenvalue weighted by molar-refractivity contribution is 7.90. The highest BCUT2D eigenvalue weighted by Crippen LogP contribution is 2.41. The fourth-order valence-electron chi connectivity index (χ4n) is 6.60. The molecule has 6 nitrogen and oxygen atoms in total. The van der Waals surface area contributed by atoms with Crippen molar-refractivity contribution in [2.75, 3.05) is 45.8 Å². The lowest BCUT2D eigenvalue weighted by Gasteiger charge is -2.53. The summed E-state index contributed by atoms with van der Waals surface area (Å²) in [6.07, 6.45) is 5.66. The minimum atomic E-state index is -3.12. The molecule has 1 N–H and O–H groups in total. The lowest BCUT2D eigenvalue weighted by molar-refractivity contribution is -0.0338. The van der Waals surface area contributed by atoms with Crippen LogP contribution in [0.2, 0.25) is 0 Å². The number of halogens is 1. The zero-order chi connectivity index (χ0) is 23.9. The van der Waals surface area contributed by atoms with E-state index in [1.807, 2.05) is 6.07 Å². The van der Waals surface area contributed by atoms with Gasteiger partial charge in [-0.05, 0) is 89.1 Å². The van der Waals surface area contributed by atoms with Crippen LogP contribution < -0.4 is 5.32 Å². The van der Waals surface area contributed by atoms with Crippen LogP contribution in [0.5, 0.6) is 0 Å². The van der Waals surface area contributed by atoms with E-state index in [1.165, 1.54) is 18.9 Å². The fraction of sp³-hybridized carbons (Fsp3) is 0.769. The third-order valence-electron chi connectivity index (χ3n) is 8.92. The maximum absolute atomic E-state index is 14.3. The molecule has 1 aromatic carbocycles. The monoisotopic (exact) mass is 492 g/mol. The van der Waals surface area contributed by atoms with Gasteiger partial charge < -0.3 is 5.32 Å². The minimum Gasteiger partial charge on any atom is -0.317 e. The van der Waals surface area contributed by atoms with Crippen LogP contribution in [0.25, 0.3) is 0 Å². The summed E-state index contributed by atoms with van der Waals surface area (Å²) in [6, 6.07) is 7.59. The average molecular weight is 493 g/mol. The number of hydrogen-bond donors (Lipinski definition) is 1. The van der Waals surface area contributed by atoms with Gasteiger partial charge in [0, 0.05) is 50.3 Å². The molecule has 8 heteroatoms. The number of nitrogens with zero attached hydrogens (tertiary/aromatic N) is 3. The molecule has 0 bridgehead atoms. The van der Waals surface area contributed by atoms with Gasteiger partial charge in [0.1, 0.15) is 5.82 Å². The van der Waals surface area contributed by atoms with Crippen molar-refractivity contribution in [2.45, 2.75) is 75.2 Å². The van der Waals surface area contributed by atoms with Gasteiger partial charge in [0.15, 0.2) is 0 Å². The van der Waals surface area contributed by atoms with E-state index in [2.05, 4.69) is 35.0 Å². The Morgan fingerprint density at radius 2 is 1.76 bits per heavy atom. The van der Waals surface area contributed by atoms with E-state index >= 15 is 0 Å². The van der Waals surface area contributed by atoms with Gasteiger partial charge in [-0.3, -0.25) is 9.80 Å². The van der Waals surface area contributed by atoms with E-state index < -0.39 is 10.0 Å². The molecule has 0 aromatic heterocycles. The summed E-state index contributed by atoms with van der Waals surface area (Å²) < 4.78 is 41.6. The maximum atomic E-state index is 14.3. The van der Waals surface area contributed by atoms with E-state index in [9.17, 15) is 12.8 Å². The second-order valence-corrected chi connectivity index (χ2v) is 13.5. The number of sulfonamides is 1. The molecule has 190 valence electrons. The average Bonchev–Trinajstić information content (AvgIpc) is 3.68. The van der Waals surface area contributed by atoms with E-state index in [4.69, 9.17) is 0 Å². The second-order valence-electron chi connectivity index (χ2n) is 11.3. The lowest BCUT2D eigenvalue weighted by Crippen LogP contribution is -2.62. The standard InChI is InChI=1S/C26H41FN4O2S/c1-20-19-29(26(2)10-12-28-13-11-26)16-17-31(20)25(22-4-3-5-23(27)18-22)21-8-14-30(15-9-21)34(32,33)24-6-7-24/h3-5,18,20-21,24-25,28H,6-17,19H2,1-2H3. The Hall–Kier alpha value is -1.06. The summed E-state index contributed by atoms with van der Waals surface area (Å²) in [6.45, 7) is 11.1. The predicted octanol–water partition coefficient (Wildman–Crippen LogP) is 3.22. The molecule has 4 fully saturated rings. The smallest absolute Gasteiger partial charge is 0.216 e. The Labute approximate surface area is 204 Å². The molecule has 2 unspecified atom stereocenters. The summed E-state index contributed by atoms with van der Waals surface area (Å²) >= 11 is 0. The highest BCUT2D eigenvalue weighted by atomic mass is 32.2. The van der Waals surface area contributed by atoms with Gasteiger partial charge in [-0.15, -0.1) is 0 Å². The molecule has 0 spiro atoms. The number of piperazine rings is 1. The largest absolute Gasteiger partial charge is 0.317 e. The van der Waals surface area contributed by atoms with Crippen LogP contribution in [0.3, 0.4) is 0 Å². The normalized spacial score (nSPS) is 29.2. The molecule has 0 radical (unpaired) electrons. The summed E-state index contributed by atoms with van der Waals surface area (Å²) in [5.74, 6) is 0.140. The van der Waals surface area contributed by atoms with Crippen LogP contribution in [-0.2, 0) is 10.0 Å². The molecule has 0 amide bonds. The van der Waals surface area contributed by atoms with E-state index in [0.717, 1.165) is 64.0 Å². The zero-order valence-electron chi connectivity index (χ0n) is 20.8. The van der Waals surface area contributed by atoms with Crippen LogP contribution in [0, 0.1) is 11.7 Å². The number of rotatable bonds is 6. The molecular formula is C26H41FN4O2S. The summed E-state index contributed by atoms with van der Waals surface area (Å²) in [7, 11) is -3.12. The quantitative estimate of drug-likeness (QED) is 0.661. The van der Waals surface area contributed by atoms with Crippen molar-refractivity contribution >= 4 is 10.0 Å². The number of nitrogens with one attached hydrogen (secondary N) is 1. The Morgan fingerprint density at radius 3 is 2.38 bits per heavy atom. The highest BCUT2D eigenvalue weighted by Gasteiger charge is 2.44. The summed E-state index contributed by atoms with van der Waals surface area (Å²) in [5.41, 5.74) is 1.29. The van der Waals surface area contributed by atoms with Gasteiger partial charge in [0.05, 0.1) is 5.25 Å². The first-order chi connectivity index (χ1) is 16.3. The van der Waals surface area contributed by atoms with Crippen molar-refractivity contribution in [3.8, 4) is 0 Å². The minimum absolute atomic E-state index is 0.124. The van der Waals surface area contributed by atoms with Crippen LogP contribution in [0.1, 0.15) is 64.0 Å². The van der Waals surface area contributed by atoms with Gasteiger partial charge in [-0.25, -0.2) is 17.1 Å². The van der Waals surface area contributed by atoms with Gasteiger partial charge in [-0.1, -0.05) is 12.1 Å². The second kappa shape index (κ2) is 9.77. The third kappa shape index (κ3) is 4.94. The van der Waals surface area contributed by atoms with E-state index in [0.29, 0.717) is 25.0 Å². The number of piperidine rings is 2. The third-order valence-corrected chi connectivity index (χ3v) is 11.3. The van der Waals surface area contributed by atoms with Crippen LogP contribution >= 0.6 is 0 Å². The number of hydrogen-bond acceptors (Lipinski definition) is 5. The van der Waals surface area contributed by atoms with Crippen molar-refractivity contribution in [1.29, 1.82) is 0 Å². The van der Waals surface area contributed by atoms with E-state index in [-0.39, 0.29) is 22.6 Å². The maximum Gasteiger partial charge on any atom is 0.216 e. The topological polar surface area (TPSA) is 55.9 Å². The molecule has 5 rings (SSSR count). The van der Waals surface area contributed by atoms with Crippen molar-refractivity contribution in [1.82, 2.24) is 19.4 Å². The van der Waals surface area contributed by atoms with Crippen LogP contribution in [-0.4, -0.2) is 85.2 Å². The van der Waals surface area contributed by atoms with Crippen molar-refractivity contribution in [3.05, 3.63) is 35.6 Å². The molecule has 2 atom stereocenters. The summed E-state index contributed by atoms with van der Waals surface area (Å²) in [5, 5.41) is 3.35. The molecule has 3 aliphatic heterocycles.